The standard InChI is InChI=1S/C13H11N5O2S/c19-18(20)12-4-2-1-3-11(12)16-13(21)17-15-9-10-5-7-14-8-6-10/h1-9H,(H2,16,17,21)/b15-9+. The summed E-state index contributed by atoms with van der Waals surface area (Å²) in [5.41, 5.74) is 3.69. The van der Waals surface area contributed by atoms with Crippen LogP contribution in [0.15, 0.2) is 53.9 Å². The third kappa shape index (κ3) is 4.32. The van der Waals surface area contributed by atoms with Crippen LogP contribution < -0.4 is 10.7 Å². The minimum atomic E-state index is -0.481. The van der Waals surface area contributed by atoms with Crippen molar-refractivity contribution in [1.29, 1.82) is 0 Å². The molecule has 8 heteroatoms. The molecule has 0 aliphatic carbocycles. The Morgan fingerprint density at radius 1 is 1.29 bits per heavy atom. The molecule has 0 bridgehead atoms. The van der Waals surface area contributed by atoms with Gasteiger partial charge in [0.15, 0.2) is 5.11 Å². The van der Waals surface area contributed by atoms with E-state index in [-0.39, 0.29) is 10.8 Å². The molecule has 0 saturated heterocycles. The number of hydrogen-bond acceptors (Lipinski definition) is 5. The highest BCUT2D eigenvalue weighted by Gasteiger charge is 2.12. The molecule has 0 aliphatic rings. The van der Waals surface area contributed by atoms with Crippen LogP contribution in [0, 0.1) is 10.1 Å². The lowest BCUT2D eigenvalue weighted by Crippen LogP contribution is -2.24. The van der Waals surface area contributed by atoms with Crippen molar-refractivity contribution < 1.29 is 4.92 Å². The van der Waals surface area contributed by atoms with Crippen molar-refractivity contribution in [3.8, 4) is 0 Å². The van der Waals surface area contributed by atoms with Crippen LogP contribution in [-0.2, 0) is 0 Å². The molecule has 1 aromatic heterocycles. The number of hydrazone groups is 1. The van der Waals surface area contributed by atoms with E-state index in [1.807, 2.05) is 0 Å². The highest BCUT2D eigenvalue weighted by Crippen LogP contribution is 2.22. The number of para-hydroxylation sites is 2. The van der Waals surface area contributed by atoms with E-state index < -0.39 is 4.92 Å². The molecule has 0 atom stereocenters. The van der Waals surface area contributed by atoms with Gasteiger partial charge in [0.1, 0.15) is 5.69 Å². The number of nitrogens with zero attached hydrogens (tertiary/aromatic N) is 3. The fourth-order valence-corrected chi connectivity index (χ4v) is 1.67. The second kappa shape index (κ2) is 7.06. The van der Waals surface area contributed by atoms with Gasteiger partial charge in [-0.05, 0) is 36.0 Å². The number of rotatable bonds is 4. The number of thiocarbonyl (C=S) groups is 1. The second-order valence-electron chi connectivity index (χ2n) is 3.88. The maximum atomic E-state index is 10.9. The Hall–Kier alpha value is -2.87. The van der Waals surface area contributed by atoms with Crippen LogP contribution in [0.5, 0.6) is 0 Å². The quantitative estimate of drug-likeness (QED) is 0.389. The van der Waals surface area contributed by atoms with Gasteiger partial charge in [0.2, 0.25) is 0 Å². The predicted octanol–water partition coefficient (Wildman–Crippen LogP) is 2.31. The fraction of sp³-hybridized carbons (Fsp3) is 0. The lowest BCUT2D eigenvalue weighted by molar-refractivity contribution is -0.383. The number of nitro benzene ring substituents is 1. The summed E-state index contributed by atoms with van der Waals surface area (Å²) in [6.07, 6.45) is 4.85. The molecule has 0 saturated carbocycles. The Labute approximate surface area is 125 Å². The first-order valence-electron chi connectivity index (χ1n) is 5.90. The monoisotopic (exact) mass is 301 g/mol. The number of pyridine rings is 1. The van der Waals surface area contributed by atoms with Gasteiger partial charge >= 0.3 is 0 Å². The topological polar surface area (TPSA) is 92.5 Å². The molecule has 0 radical (unpaired) electrons. The summed E-state index contributed by atoms with van der Waals surface area (Å²) >= 11 is 5.03. The molecule has 2 aromatic rings. The molecule has 0 fully saturated rings. The molecule has 2 rings (SSSR count). The van der Waals surface area contributed by atoms with Gasteiger partial charge in [0.05, 0.1) is 11.1 Å². The van der Waals surface area contributed by atoms with Crippen molar-refractivity contribution in [3.63, 3.8) is 0 Å². The maximum absolute atomic E-state index is 10.9. The number of aromatic nitrogens is 1. The molecule has 0 spiro atoms. The summed E-state index contributed by atoms with van der Waals surface area (Å²) in [5, 5.41) is 17.7. The highest BCUT2D eigenvalue weighted by atomic mass is 32.1. The van der Waals surface area contributed by atoms with Gasteiger partial charge in [-0.15, -0.1) is 0 Å². The van der Waals surface area contributed by atoms with Crippen LogP contribution in [0.3, 0.4) is 0 Å². The van der Waals surface area contributed by atoms with Crippen LogP contribution in [0.2, 0.25) is 0 Å². The maximum Gasteiger partial charge on any atom is 0.292 e. The van der Waals surface area contributed by atoms with Gasteiger partial charge in [-0.1, -0.05) is 12.1 Å². The summed E-state index contributed by atoms with van der Waals surface area (Å²) in [6, 6.07) is 9.79. The third-order valence-corrected chi connectivity index (χ3v) is 2.63. The van der Waals surface area contributed by atoms with Crippen molar-refractivity contribution >= 4 is 34.9 Å². The van der Waals surface area contributed by atoms with Crippen LogP contribution in [0.4, 0.5) is 11.4 Å². The van der Waals surface area contributed by atoms with Gasteiger partial charge in [-0.2, -0.15) is 5.10 Å². The van der Waals surface area contributed by atoms with Gasteiger partial charge in [-0.25, -0.2) is 0 Å². The van der Waals surface area contributed by atoms with E-state index in [4.69, 9.17) is 12.2 Å². The number of hydrogen-bond donors (Lipinski definition) is 2. The van der Waals surface area contributed by atoms with Gasteiger partial charge in [0.25, 0.3) is 5.69 Å². The van der Waals surface area contributed by atoms with E-state index in [1.165, 1.54) is 6.07 Å². The number of anilines is 1. The summed E-state index contributed by atoms with van der Waals surface area (Å²) < 4.78 is 0. The third-order valence-electron chi connectivity index (χ3n) is 2.43. The van der Waals surface area contributed by atoms with Crippen molar-refractivity contribution in [3.05, 3.63) is 64.5 Å². The van der Waals surface area contributed by atoms with Gasteiger partial charge < -0.3 is 5.32 Å². The van der Waals surface area contributed by atoms with Crippen molar-refractivity contribution in [1.82, 2.24) is 10.4 Å². The molecule has 0 amide bonds. The first-order valence-corrected chi connectivity index (χ1v) is 6.31. The van der Waals surface area contributed by atoms with Crippen LogP contribution in [0.25, 0.3) is 0 Å². The minimum absolute atomic E-state index is 0.0558. The van der Waals surface area contributed by atoms with E-state index in [0.29, 0.717) is 5.69 Å². The average molecular weight is 301 g/mol. The first kappa shape index (κ1) is 14.5. The molecular formula is C13H11N5O2S. The predicted molar refractivity (Wildman–Crippen MR) is 84.3 cm³/mol. The first-order chi connectivity index (χ1) is 10.2. The molecule has 0 unspecified atom stereocenters. The van der Waals surface area contributed by atoms with E-state index >= 15 is 0 Å². The molecule has 2 N–H and O–H groups in total. The zero-order chi connectivity index (χ0) is 15.1. The molecule has 0 aliphatic heterocycles. The Balaban J connectivity index is 1.97. The number of nitrogens with one attached hydrogen (secondary N) is 2. The lowest BCUT2D eigenvalue weighted by Gasteiger charge is -2.07. The fourth-order valence-electron chi connectivity index (χ4n) is 1.50. The van der Waals surface area contributed by atoms with E-state index in [9.17, 15) is 10.1 Å². The highest BCUT2D eigenvalue weighted by molar-refractivity contribution is 7.80. The van der Waals surface area contributed by atoms with Crippen LogP contribution in [-0.4, -0.2) is 21.2 Å². The van der Waals surface area contributed by atoms with E-state index in [0.717, 1.165) is 5.56 Å². The Bertz CT molecular complexity index is 675. The Morgan fingerprint density at radius 2 is 2.00 bits per heavy atom. The van der Waals surface area contributed by atoms with Crippen LogP contribution >= 0.6 is 12.2 Å². The Morgan fingerprint density at radius 3 is 2.71 bits per heavy atom. The molecule has 7 nitrogen and oxygen atoms in total. The zero-order valence-corrected chi connectivity index (χ0v) is 11.6. The summed E-state index contributed by atoms with van der Waals surface area (Å²) in [4.78, 5) is 14.3. The van der Waals surface area contributed by atoms with Crippen molar-refractivity contribution in [2.75, 3.05) is 5.32 Å². The molecule has 1 heterocycles. The Kier molecular flexibility index (Phi) is 4.89. The minimum Gasteiger partial charge on any atom is -0.326 e. The average Bonchev–Trinajstić information content (AvgIpc) is 2.48. The largest absolute Gasteiger partial charge is 0.326 e. The van der Waals surface area contributed by atoms with Crippen molar-refractivity contribution in [2.24, 2.45) is 5.10 Å². The van der Waals surface area contributed by atoms with E-state index in [2.05, 4.69) is 20.8 Å². The smallest absolute Gasteiger partial charge is 0.292 e. The van der Waals surface area contributed by atoms with Gasteiger partial charge in [0, 0.05) is 18.5 Å². The number of nitro groups is 1. The summed E-state index contributed by atoms with van der Waals surface area (Å²) in [6.45, 7) is 0. The van der Waals surface area contributed by atoms with Crippen LogP contribution in [0.1, 0.15) is 5.56 Å². The molecular weight excluding hydrogens is 290 g/mol. The number of benzene rings is 1. The molecule has 1 aromatic carbocycles. The lowest BCUT2D eigenvalue weighted by atomic mass is 10.3. The molecule has 21 heavy (non-hydrogen) atoms. The summed E-state index contributed by atoms with van der Waals surface area (Å²) in [5.74, 6) is 0. The second-order valence-corrected chi connectivity index (χ2v) is 4.29. The van der Waals surface area contributed by atoms with Gasteiger partial charge in [-0.3, -0.25) is 20.5 Å². The zero-order valence-electron chi connectivity index (χ0n) is 10.8. The SMILES string of the molecule is O=[N+]([O-])c1ccccc1NC(=S)N/N=C/c1ccncc1. The molecule has 106 valence electrons. The van der Waals surface area contributed by atoms with E-state index in [1.54, 1.807) is 48.9 Å². The van der Waals surface area contributed by atoms with Crippen molar-refractivity contribution in [2.45, 2.75) is 0 Å². The summed E-state index contributed by atoms with van der Waals surface area (Å²) in [7, 11) is 0. The normalized spacial score (nSPS) is 10.3.